The molecule has 0 heterocycles. The normalized spacial score (nSPS) is 14.9. The lowest BCUT2D eigenvalue weighted by Gasteiger charge is -2.22. The molecule has 2 unspecified atom stereocenters. The molecule has 14 heavy (non-hydrogen) atoms. The second kappa shape index (κ2) is 7.80. The molecule has 84 valence electrons. The van der Waals surface area contributed by atoms with Crippen molar-refractivity contribution in [3.63, 3.8) is 0 Å². The number of ether oxygens (including phenoxy) is 1. The maximum Gasteiger partial charge on any atom is 0.323 e. The minimum Gasteiger partial charge on any atom is -0.468 e. The van der Waals surface area contributed by atoms with Crippen molar-refractivity contribution < 1.29 is 9.53 Å². The molecule has 0 amide bonds. The summed E-state index contributed by atoms with van der Waals surface area (Å²) in [5.74, 6) is 0.207. The molecule has 0 aromatic heterocycles. The van der Waals surface area contributed by atoms with Crippen molar-refractivity contribution in [2.45, 2.75) is 46.1 Å². The van der Waals surface area contributed by atoms with Crippen molar-refractivity contribution in [3.05, 3.63) is 0 Å². The monoisotopic (exact) mass is 201 g/mol. The van der Waals surface area contributed by atoms with Crippen LogP contribution >= 0.6 is 0 Å². The minimum absolute atomic E-state index is 0.139. The summed E-state index contributed by atoms with van der Waals surface area (Å²) in [4.78, 5) is 11.4. The zero-order chi connectivity index (χ0) is 11.0. The van der Waals surface area contributed by atoms with E-state index in [1.54, 1.807) is 0 Å². The summed E-state index contributed by atoms with van der Waals surface area (Å²) >= 11 is 0. The van der Waals surface area contributed by atoms with Crippen molar-refractivity contribution in [2.24, 2.45) is 5.92 Å². The predicted molar refractivity (Wildman–Crippen MR) is 58.2 cm³/mol. The van der Waals surface area contributed by atoms with Crippen LogP contribution in [0.2, 0.25) is 0 Å². The van der Waals surface area contributed by atoms with Gasteiger partial charge in [0.15, 0.2) is 0 Å². The van der Waals surface area contributed by atoms with Gasteiger partial charge in [0.2, 0.25) is 0 Å². The number of rotatable bonds is 7. The highest BCUT2D eigenvalue weighted by molar-refractivity contribution is 5.75. The first-order valence-corrected chi connectivity index (χ1v) is 5.48. The average molecular weight is 201 g/mol. The highest BCUT2D eigenvalue weighted by Gasteiger charge is 2.24. The van der Waals surface area contributed by atoms with Gasteiger partial charge in [-0.2, -0.15) is 0 Å². The van der Waals surface area contributed by atoms with Gasteiger partial charge < -0.3 is 10.1 Å². The lowest BCUT2D eigenvalue weighted by atomic mass is 9.97. The number of hydrogen-bond donors (Lipinski definition) is 1. The first-order chi connectivity index (χ1) is 6.67. The molecule has 0 spiro atoms. The lowest BCUT2D eigenvalue weighted by molar-refractivity contribution is -0.144. The second-order valence-electron chi connectivity index (χ2n) is 3.72. The van der Waals surface area contributed by atoms with Crippen molar-refractivity contribution in [1.82, 2.24) is 5.32 Å². The zero-order valence-electron chi connectivity index (χ0n) is 9.80. The number of hydrogen-bond acceptors (Lipinski definition) is 3. The van der Waals surface area contributed by atoms with Crippen LogP contribution < -0.4 is 5.32 Å². The number of carbonyl (C=O) groups is 1. The summed E-state index contributed by atoms with van der Waals surface area (Å²) in [6.07, 6.45) is 3.19. The number of esters is 1. The maximum absolute atomic E-state index is 11.4. The fourth-order valence-corrected chi connectivity index (χ4v) is 1.57. The smallest absolute Gasteiger partial charge is 0.323 e. The van der Waals surface area contributed by atoms with E-state index in [-0.39, 0.29) is 12.0 Å². The van der Waals surface area contributed by atoms with Crippen LogP contribution in [0, 0.1) is 5.92 Å². The fraction of sp³-hybridized carbons (Fsp3) is 0.909. The van der Waals surface area contributed by atoms with Gasteiger partial charge >= 0.3 is 5.97 Å². The van der Waals surface area contributed by atoms with Crippen LogP contribution in [0.3, 0.4) is 0 Å². The van der Waals surface area contributed by atoms with E-state index < -0.39 is 0 Å². The summed E-state index contributed by atoms with van der Waals surface area (Å²) in [5.41, 5.74) is 0. The number of carbonyl (C=O) groups excluding carboxylic acids is 1. The fourth-order valence-electron chi connectivity index (χ4n) is 1.57. The summed E-state index contributed by atoms with van der Waals surface area (Å²) < 4.78 is 4.78. The Hall–Kier alpha value is -0.570. The highest BCUT2D eigenvalue weighted by Crippen LogP contribution is 2.11. The third-order valence-corrected chi connectivity index (χ3v) is 2.38. The Morgan fingerprint density at radius 2 is 2.00 bits per heavy atom. The molecule has 3 heteroatoms. The molecule has 0 bridgehead atoms. The van der Waals surface area contributed by atoms with E-state index >= 15 is 0 Å². The first kappa shape index (κ1) is 13.4. The molecule has 0 aliphatic heterocycles. The Bertz CT molecular complexity index is 159. The van der Waals surface area contributed by atoms with Crippen LogP contribution in [0.4, 0.5) is 0 Å². The van der Waals surface area contributed by atoms with Gasteiger partial charge in [0.25, 0.3) is 0 Å². The van der Waals surface area contributed by atoms with Gasteiger partial charge in [0.1, 0.15) is 6.04 Å². The largest absolute Gasteiger partial charge is 0.468 e. The molecule has 0 saturated carbocycles. The van der Waals surface area contributed by atoms with Gasteiger partial charge in [0, 0.05) is 0 Å². The van der Waals surface area contributed by atoms with E-state index in [2.05, 4.69) is 26.1 Å². The van der Waals surface area contributed by atoms with Crippen LogP contribution in [0.25, 0.3) is 0 Å². The summed E-state index contributed by atoms with van der Waals surface area (Å²) in [6.45, 7) is 7.18. The van der Waals surface area contributed by atoms with Gasteiger partial charge in [-0.25, -0.2) is 0 Å². The highest BCUT2D eigenvalue weighted by atomic mass is 16.5. The molecule has 0 saturated heterocycles. The first-order valence-electron chi connectivity index (χ1n) is 5.48. The molecular weight excluding hydrogens is 178 g/mol. The molecule has 1 N–H and O–H groups in total. The zero-order valence-corrected chi connectivity index (χ0v) is 9.80. The molecule has 2 atom stereocenters. The number of nitrogens with one attached hydrogen (secondary N) is 1. The molecule has 0 aromatic carbocycles. The Kier molecular flexibility index (Phi) is 7.48. The second-order valence-corrected chi connectivity index (χ2v) is 3.72. The molecule has 3 nitrogen and oxygen atoms in total. The van der Waals surface area contributed by atoms with Crippen molar-refractivity contribution in [1.29, 1.82) is 0 Å². The predicted octanol–water partition coefficient (Wildman–Crippen LogP) is 1.96. The van der Waals surface area contributed by atoms with Gasteiger partial charge in [-0.15, -0.1) is 0 Å². The van der Waals surface area contributed by atoms with E-state index in [9.17, 15) is 4.79 Å². The SMILES string of the molecule is CCCNC(C(=O)OC)C(C)CCC. The van der Waals surface area contributed by atoms with Crippen LogP contribution in [0.5, 0.6) is 0 Å². The summed E-state index contributed by atoms with van der Waals surface area (Å²) in [7, 11) is 1.45. The van der Waals surface area contributed by atoms with Gasteiger partial charge in [0.05, 0.1) is 7.11 Å². The molecule has 0 rings (SSSR count). The number of methoxy groups -OCH3 is 1. The van der Waals surface area contributed by atoms with Gasteiger partial charge in [-0.1, -0.05) is 27.2 Å². The van der Waals surface area contributed by atoms with Crippen LogP contribution in [-0.4, -0.2) is 25.7 Å². The Labute approximate surface area is 87.2 Å². The lowest BCUT2D eigenvalue weighted by Crippen LogP contribution is -2.43. The van der Waals surface area contributed by atoms with Gasteiger partial charge in [-0.05, 0) is 25.3 Å². The van der Waals surface area contributed by atoms with E-state index in [4.69, 9.17) is 4.74 Å². The van der Waals surface area contributed by atoms with E-state index in [1.807, 2.05) is 0 Å². The topological polar surface area (TPSA) is 38.3 Å². The molecule has 0 aromatic rings. The third-order valence-electron chi connectivity index (χ3n) is 2.38. The maximum atomic E-state index is 11.4. The molecule has 0 aliphatic rings. The van der Waals surface area contributed by atoms with Gasteiger partial charge in [-0.3, -0.25) is 4.79 Å². The average Bonchev–Trinajstić information content (AvgIpc) is 2.18. The standard InChI is InChI=1S/C11H23NO2/c1-5-7-9(3)10(11(13)14-4)12-8-6-2/h9-10,12H,5-8H2,1-4H3. The van der Waals surface area contributed by atoms with Crippen molar-refractivity contribution in [2.75, 3.05) is 13.7 Å². The van der Waals surface area contributed by atoms with Crippen LogP contribution in [0.1, 0.15) is 40.0 Å². The Morgan fingerprint density at radius 1 is 1.36 bits per heavy atom. The van der Waals surface area contributed by atoms with E-state index in [0.29, 0.717) is 5.92 Å². The quantitative estimate of drug-likeness (QED) is 0.640. The summed E-state index contributed by atoms with van der Waals surface area (Å²) in [6, 6.07) is -0.139. The van der Waals surface area contributed by atoms with E-state index in [1.165, 1.54) is 7.11 Å². The Balaban J connectivity index is 4.14. The van der Waals surface area contributed by atoms with Crippen molar-refractivity contribution in [3.8, 4) is 0 Å². The van der Waals surface area contributed by atoms with Crippen molar-refractivity contribution >= 4 is 5.97 Å². The molecule has 0 fully saturated rings. The molecule has 0 aliphatic carbocycles. The molecular formula is C11H23NO2. The Morgan fingerprint density at radius 3 is 2.43 bits per heavy atom. The van der Waals surface area contributed by atoms with Crippen LogP contribution in [0.15, 0.2) is 0 Å². The van der Waals surface area contributed by atoms with Crippen LogP contribution in [-0.2, 0) is 9.53 Å². The minimum atomic E-state index is -0.139. The third kappa shape index (κ3) is 4.61. The summed E-state index contributed by atoms with van der Waals surface area (Å²) in [5, 5.41) is 3.23. The van der Waals surface area contributed by atoms with E-state index in [0.717, 1.165) is 25.8 Å². The molecule has 0 radical (unpaired) electrons.